The van der Waals surface area contributed by atoms with E-state index in [0.717, 1.165) is 24.2 Å². The highest BCUT2D eigenvalue weighted by Gasteiger charge is 2.23. The van der Waals surface area contributed by atoms with Gasteiger partial charge in [-0.25, -0.2) is 9.78 Å². The summed E-state index contributed by atoms with van der Waals surface area (Å²) in [6.07, 6.45) is 5.18. The molecule has 1 aliphatic rings. The Kier molecular flexibility index (Phi) is 4.68. The summed E-state index contributed by atoms with van der Waals surface area (Å²) in [6, 6.07) is 8.93. The van der Waals surface area contributed by atoms with E-state index in [9.17, 15) is 9.90 Å². The van der Waals surface area contributed by atoms with Crippen LogP contribution in [0, 0.1) is 0 Å². The van der Waals surface area contributed by atoms with Crippen molar-refractivity contribution in [2.24, 2.45) is 0 Å². The maximum Gasteiger partial charge on any atom is 0.326 e. The molecule has 0 bridgehead atoms. The Hall–Kier alpha value is -1.95. The highest BCUT2D eigenvalue weighted by atomic mass is 32.1. The number of anilines is 1. The smallest absolute Gasteiger partial charge is 0.326 e. The number of hydrogen-bond acceptors (Lipinski definition) is 5. The zero-order chi connectivity index (χ0) is 15.4. The van der Waals surface area contributed by atoms with Crippen molar-refractivity contribution in [3.63, 3.8) is 0 Å². The number of nitrogens with one attached hydrogen (secondary N) is 1. The van der Waals surface area contributed by atoms with Crippen LogP contribution in [0.2, 0.25) is 0 Å². The van der Waals surface area contributed by atoms with E-state index >= 15 is 0 Å². The second-order valence-electron chi connectivity index (χ2n) is 5.66. The molecular weight excluding hydrogens is 298 g/mol. The average Bonchev–Trinajstić information content (AvgIpc) is 3.18. The number of carboxylic acid groups (broad SMARTS) is 1. The average molecular weight is 317 g/mol. The van der Waals surface area contributed by atoms with Crippen LogP contribution in [0.4, 0.5) is 5.13 Å². The maximum atomic E-state index is 11.5. The van der Waals surface area contributed by atoms with E-state index in [1.54, 1.807) is 0 Å². The van der Waals surface area contributed by atoms with Crippen molar-refractivity contribution >= 4 is 22.6 Å². The lowest BCUT2D eigenvalue weighted by molar-refractivity contribution is -0.137. The van der Waals surface area contributed by atoms with Gasteiger partial charge in [-0.05, 0) is 18.4 Å². The van der Waals surface area contributed by atoms with Crippen LogP contribution in [0.1, 0.15) is 43.0 Å². The minimum atomic E-state index is -0.874. The summed E-state index contributed by atoms with van der Waals surface area (Å²) >= 11 is 1.26. The molecule has 1 heterocycles. The molecule has 1 aliphatic carbocycles. The van der Waals surface area contributed by atoms with Gasteiger partial charge in [-0.1, -0.05) is 43.2 Å². The summed E-state index contributed by atoms with van der Waals surface area (Å²) in [7, 11) is 0. The normalized spacial score (nSPS) is 16.5. The van der Waals surface area contributed by atoms with E-state index in [0.29, 0.717) is 17.5 Å². The van der Waals surface area contributed by atoms with Crippen molar-refractivity contribution in [2.45, 2.75) is 44.1 Å². The lowest BCUT2D eigenvalue weighted by Gasteiger charge is -2.13. The molecule has 1 aromatic carbocycles. The SMILES string of the molecule is O=C(O)[C@H](Cc1ccccc1)Nc1nc(C2CCCC2)ns1. The molecule has 5 nitrogen and oxygen atoms in total. The number of aliphatic carboxylic acids is 1. The Labute approximate surface area is 133 Å². The Morgan fingerprint density at radius 3 is 2.73 bits per heavy atom. The molecule has 1 atom stereocenters. The van der Waals surface area contributed by atoms with Gasteiger partial charge in [-0.15, -0.1) is 0 Å². The van der Waals surface area contributed by atoms with Gasteiger partial charge < -0.3 is 10.4 Å². The van der Waals surface area contributed by atoms with Gasteiger partial charge in [0.05, 0.1) is 0 Å². The minimum Gasteiger partial charge on any atom is -0.480 e. The molecule has 2 aromatic rings. The molecule has 0 amide bonds. The monoisotopic (exact) mass is 317 g/mol. The summed E-state index contributed by atoms with van der Waals surface area (Å²) in [5, 5.41) is 13.0. The fourth-order valence-electron chi connectivity index (χ4n) is 2.84. The zero-order valence-electron chi connectivity index (χ0n) is 12.2. The lowest BCUT2D eigenvalue weighted by Crippen LogP contribution is -2.31. The molecule has 1 fully saturated rings. The van der Waals surface area contributed by atoms with Crippen LogP contribution in [0.25, 0.3) is 0 Å². The Morgan fingerprint density at radius 2 is 2.05 bits per heavy atom. The second kappa shape index (κ2) is 6.87. The quantitative estimate of drug-likeness (QED) is 0.855. The minimum absolute atomic E-state index is 0.425. The number of carbonyl (C=O) groups is 1. The predicted molar refractivity (Wildman–Crippen MR) is 86.3 cm³/mol. The molecule has 6 heteroatoms. The maximum absolute atomic E-state index is 11.5. The Morgan fingerprint density at radius 1 is 1.32 bits per heavy atom. The van der Waals surface area contributed by atoms with Crippen molar-refractivity contribution in [3.05, 3.63) is 41.7 Å². The molecule has 1 aromatic heterocycles. The first kappa shape index (κ1) is 15.0. The van der Waals surface area contributed by atoms with Gasteiger partial charge >= 0.3 is 5.97 Å². The summed E-state index contributed by atoms with van der Waals surface area (Å²) in [4.78, 5) is 16.0. The van der Waals surface area contributed by atoms with E-state index in [2.05, 4.69) is 14.7 Å². The second-order valence-corrected chi connectivity index (χ2v) is 6.42. The van der Waals surface area contributed by atoms with Gasteiger partial charge in [0, 0.05) is 23.9 Å². The van der Waals surface area contributed by atoms with Crippen LogP contribution in [0.3, 0.4) is 0 Å². The van der Waals surface area contributed by atoms with E-state index in [1.807, 2.05) is 30.3 Å². The summed E-state index contributed by atoms with van der Waals surface area (Å²) in [6.45, 7) is 0. The van der Waals surface area contributed by atoms with Gasteiger partial charge in [0.25, 0.3) is 0 Å². The fourth-order valence-corrected chi connectivity index (χ4v) is 3.54. The highest BCUT2D eigenvalue weighted by Crippen LogP contribution is 2.33. The third-order valence-electron chi connectivity index (χ3n) is 4.04. The van der Waals surface area contributed by atoms with E-state index in [1.165, 1.54) is 24.4 Å². The largest absolute Gasteiger partial charge is 0.480 e. The molecule has 2 N–H and O–H groups in total. The third kappa shape index (κ3) is 3.62. The van der Waals surface area contributed by atoms with Gasteiger partial charge in [-0.3, -0.25) is 0 Å². The van der Waals surface area contributed by atoms with Crippen LogP contribution < -0.4 is 5.32 Å². The Bertz CT molecular complexity index is 623. The molecule has 1 saturated carbocycles. The molecule has 0 radical (unpaired) electrons. The van der Waals surface area contributed by atoms with Crippen LogP contribution in [0.15, 0.2) is 30.3 Å². The number of rotatable bonds is 6. The van der Waals surface area contributed by atoms with E-state index in [-0.39, 0.29) is 0 Å². The van der Waals surface area contributed by atoms with Crippen molar-refractivity contribution in [1.82, 2.24) is 9.36 Å². The first-order valence-electron chi connectivity index (χ1n) is 7.59. The number of carboxylic acids is 1. The standard InChI is InChI=1S/C16H19N3O2S/c20-15(21)13(10-11-6-2-1-3-7-11)17-16-18-14(19-22-16)12-8-4-5-9-12/h1-3,6-7,12-13H,4-5,8-10H2,(H,20,21)(H,17,18,19)/t13-/m0/s1. The first-order chi connectivity index (χ1) is 10.7. The van der Waals surface area contributed by atoms with E-state index in [4.69, 9.17) is 0 Å². The van der Waals surface area contributed by atoms with Crippen molar-refractivity contribution in [3.8, 4) is 0 Å². The highest BCUT2D eigenvalue weighted by molar-refractivity contribution is 7.09. The van der Waals surface area contributed by atoms with Gasteiger partial charge in [0.15, 0.2) is 0 Å². The molecule has 0 saturated heterocycles. The topological polar surface area (TPSA) is 75.1 Å². The molecular formula is C16H19N3O2S. The number of benzene rings is 1. The van der Waals surface area contributed by atoms with Crippen LogP contribution in [0.5, 0.6) is 0 Å². The molecule has 0 unspecified atom stereocenters. The van der Waals surface area contributed by atoms with Gasteiger partial charge in [-0.2, -0.15) is 4.37 Å². The van der Waals surface area contributed by atoms with Gasteiger partial charge in [0.2, 0.25) is 5.13 Å². The zero-order valence-corrected chi connectivity index (χ0v) is 13.1. The molecule has 0 aliphatic heterocycles. The van der Waals surface area contributed by atoms with Crippen molar-refractivity contribution in [1.29, 1.82) is 0 Å². The molecule has 22 heavy (non-hydrogen) atoms. The van der Waals surface area contributed by atoms with Gasteiger partial charge in [0.1, 0.15) is 11.9 Å². The summed E-state index contributed by atoms with van der Waals surface area (Å²) in [5.41, 5.74) is 0.989. The van der Waals surface area contributed by atoms with Crippen LogP contribution in [-0.2, 0) is 11.2 Å². The number of nitrogens with zero attached hydrogens (tertiary/aromatic N) is 2. The molecule has 0 spiro atoms. The predicted octanol–water partition coefficient (Wildman–Crippen LogP) is 3.30. The third-order valence-corrected chi connectivity index (χ3v) is 4.70. The first-order valence-corrected chi connectivity index (χ1v) is 8.36. The number of aromatic nitrogens is 2. The summed E-state index contributed by atoms with van der Waals surface area (Å²) in [5.74, 6) is 0.444. The molecule has 116 valence electrons. The van der Waals surface area contributed by atoms with Crippen molar-refractivity contribution in [2.75, 3.05) is 5.32 Å². The lowest BCUT2D eigenvalue weighted by atomic mass is 10.1. The Balaban J connectivity index is 1.67. The summed E-state index contributed by atoms with van der Waals surface area (Å²) < 4.78 is 4.39. The van der Waals surface area contributed by atoms with E-state index < -0.39 is 12.0 Å². The molecule has 3 rings (SSSR count). The number of hydrogen-bond donors (Lipinski definition) is 2. The van der Waals surface area contributed by atoms with Crippen LogP contribution in [-0.4, -0.2) is 26.5 Å². The fraction of sp³-hybridized carbons (Fsp3) is 0.438. The van der Waals surface area contributed by atoms with Crippen molar-refractivity contribution < 1.29 is 9.90 Å². The van der Waals surface area contributed by atoms with Crippen LogP contribution >= 0.6 is 11.5 Å².